The predicted molar refractivity (Wildman–Crippen MR) is 78.9 cm³/mol. The zero-order valence-electron chi connectivity index (χ0n) is 11.5. The van der Waals surface area contributed by atoms with Crippen LogP contribution >= 0.6 is 15.9 Å². The van der Waals surface area contributed by atoms with Gasteiger partial charge in [-0.15, -0.1) is 0 Å². The molecule has 1 fully saturated rings. The Morgan fingerprint density at radius 1 is 1.40 bits per heavy atom. The van der Waals surface area contributed by atoms with Crippen molar-refractivity contribution in [2.24, 2.45) is 0 Å². The normalized spacial score (nSPS) is 17.8. The number of carbonyl (C=O) groups excluding carboxylic acids is 1. The highest BCUT2D eigenvalue weighted by Gasteiger charge is 2.27. The molecule has 1 unspecified atom stereocenters. The van der Waals surface area contributed by atoms with Gasteiger partial charge >= 0.3 is 5.97 Å². The molecule has 0 spiro atoms. The Balaban J connectivity index is 2.20. The zero-order chi connectivity index (χ0) is 14.5. The zero-order valence-corrected chi connectivity index (χ0v) is 13.1. The van der Waals surface area contributed by atoms with Crippen LogP contribution < -0.4 is 5.32 Å². The van der Waals surface area contributed by atoms with Crippen LogP contribution in [0.5, 0.6) is 0 Å². The van der Waals surface area contributed by atoms with Crippen molar-refractivity contribution in [3.8, 4) is 0 Å². The lowest BCUT2D eigenvalue weighted by Crippen LogP contribution is -2.39. The van der Waals surface area contributed by atoms with Crippen LogP contribution in [0.2, 0.25) is 0 Å². The van der Waals surface area contributed by atoms with E-state index in [1.807, 2.05) is 0 Å². The average Bonchev–Trinajstić information content (AvgIpc) is 2.46. The summed E-state index contributed by atoms with van der Waals surface area (Å²) in [5, 5.41) is 3.25. The highest BCUT2D eigenvalue weighted by molar-refractivity contribution is 9.10. The van der Waals surface area contributed by atoms with Crippen LogP contribution in [-0.4, -0.2) is 19.1 Å². The van der Waals surface area contributed by atoms with Crippen LogP contribution in [0.3, 0.4) is 0 Å². The van der Waals surface area contributed by atoms with Gasteiger partial charge in [0, 0.05) is 16.1 Å². The number of benzene rings is 1. The lowest BCUT2D eigenvalue weighted by Gasteiger charge is -2.27. The topological polar surface area (TPSA) is 38.3 Å². The molecule has 0 radical (unpaired) electrons. The maximum Gasteiger partial charge on any atom is 0.327 e. The van der Waals surface area contributed by atoms with Gasteiger partial charge in [-0.1, -0.05) is 41.3 Å². The summed E-state index contributed by atoms with van der Waals surface area (Å²) in [6.45, 7) is 0. The van der Waals surface area contributed by atoms with E-state index >= 15 is 0 Å². The van der Waals surface area contributed by atoms with Gasteiger partial charge in [-0.2, -0.15) is 0 Å². The van der Waals surface area contributed by atoms with Gasteiger partial charge in [0.25, 0.3) is 0 Å². The molecule has 1 atom stereocenters. The third-order valence-corrected chi connectivity index (χ3v) is 4.21. The van der Waals surface area contributed by atoms with Gasteiger partial charge in [0.2, 0.25) is 0 Å². The van der Waals surface area contributed by atoms with E-state index in [1.54, 1.807) is 12.1 Å². The summed E-state index contributed by atoms with van der Waals surface area (Å²) < 4.78 is 19.5. The maximum atomic E-state index is 14.1. The van der Waals surface area contributed by atoms with Gasteiger partial charge in [-0.3, -0.25) is 5.32 Å². The molecule has 1 saturated carbocycles. The Hall–Kier alpha value is -0.940. The van der Waals surface area contributed by atoms with Crippen LogP contribution in [0.4, 0.5) is 4.39 Å². The molecular formula is C15H19BrFNO2. The number of nitrogens with one attached hydrogen (secondary N) is 1. The fourth-order valence-electron chi connectivity index (χ4n) is 2.64. The smallest absolute Gasteiger partial charge is 0.327 e. The second-order valence-electron chi connectivity index (χ2n) is 5.12. The van der Waals surface area contributed by atoms with Crippen LogP contribution in [-0.2, 0) is 9.53 Å². The van der Waals surface area contributed by atoms with E-state index in [1.165, 1.54) is 19.6 Å². The Bertz CT molecular complexity index is 475. The van der Waals surface area contributed by atoms with E-state index < -0.39 is 17.8 Å². The van der Waals surface area contributed by atoms with Crippen LogP contribution in [0.1, 0.15) is 43.7 Å². The highest BCUT2D eigenvalue weighted by Crippen LogP contribution is 2.25. The number of rotatable bonds is 4. The van der Waals surface area contributed by atoms with Gasteiger partial charge < -0.3 is 4.74 Å². The van der Waals surface area contributed by atoms with Crippen molar-refractivity contribution in [2.45, 2.75) is 44.2 Å². The maximum absolute atomic E-state index is 14.1. The van der Waals surface area contributed by atoms with Crippen molar-refractivity contribution in [1.82, 2.24) is 5.32 Å². The van der Waals surface area contributed by atoms with E-state index in [0.29, 0.717) is 10.0 Å². The van der Waals surface area contributed by atoms with Gasteiger partial charge in [0.05, 0.1) is 7.11 Å². The molecule has 20 heavy (non-hydrogen) atoms. The summed E-state index contributed by atoms with van der Waals surface area (Å²) >= 11 is 3.22. The summed E-state index contributed by atoms with van der Waals surface area (Å²) in [4.78, 5) is 12.0. The van der Waals surface area contributed by atoms with Crippen molar-refractivity contribution in [2.75, 3.05) is 7.11 Å². The number of ether oxygens (including phenoxy) is 1. The molecule has 0 aromatic heterocycles. The average molecular weight is 344 g/mol. The van der Waals surface area contributed by atoms with Crippen molar-refractivity contribution in [1.29, 1.82) is 0 Å². The van der Waals surface area contributed by atoms with Gasteiger partial charge in [-0.25, -0.2) is 9.18 Å². The molecule has 2 rings (SSSR count). The first-order chi connectivity index (χ1) is 9.61. The molecule has 0 heterocycles. The van der Waals surface area contributed by atoms with E-state index in [4.69, 9.17) is 4.74 Å². The Morgan fingerprint density at radius 2 is 2.10 bits per heavy atom. The lowest BCUT2D eigenvalue weighted by molar-refractivity contribution is -0.143. The number of hydrogen-bond donors (Lipinski definition) is 1. The summed E-state index contributed by atoms with van der Waals surface area (Å²) in [6.07, 6.45) is 5.56. The Morgan fingerprint density at radius 3 is 2.70 bits per heavy atom. The molecule has 0 amide bonds. The Labute approximate surface area is 127 Å². The molecule has 5 heteroatoms. The van der Waals surface area contributed by atoms with E-state index in [2.05, 4.69) is 21.2 Å². The summed E-state index contributed by atoms with van der Waals surface area (Å²) in [6, 6.07) is 4.23. The second kappa shape index (κ2) is 7.18. The molecule has 0 saturated heterocycles. The van der Waals surface area contributed by atoms with E-state index in [-0.39, 0.29) is 6.04 Å². The largest absolute Gasteiger partial charge is 0.468 e. The summed E-state index contributed by atoms with van der Waals surface area (Å²) in [7, 11) is 1.33. The Kier molecular flexibility index (Phi) is 5.54. The molecule has 110 valence electrons. The van der Waals surface area contributed by atoms with E-state index in [0.717, 1.165) is 25.7 Å². The fraction of sp³-hybridized carbons (Fsp3) is 0.533. The van der Waals surface area contributed by atoms with Gasteiger partial charge in [-0.05, 0) is 25.0 Å². The molecule has 1 N–H and O–H groups in total. The fourth-order valence-corrected chi connectivity index (χ4v) is 2.98. The van der Waals surface area contributed by atoms with Crippen molar-refractivity contribution < 1.29 is 13.9 Å². The molecule has 3 nitrogen and oxygen atoms in total. The van der Waals surface area contributed by atoms with Gasteiger partial charge in [0.1, 0.15) is 11.9 Å². The monoisotopic (exact) mass is 343 g/mol. The predicted octanol–water partition coefficient (Wildman–Crippen LogP) is 3.72. The van der Waals surface area contributed by atoms with Crippen LogP contribution in [0.15, 0.2) is 22.7 Å². The van der Waals surface area contributed by atoms with Crippen molar-refractivity contribution in [3.63, 3.8) is 0 Å². The SMILES string of the molecule is COC(=O)C(NC1CCCCC1)c1ccc(Br)cc1F. The first-order valence-corrected chi connectivity index (χ1v) is 7.70. The minimum atomic E-state index is -0.740. The lowest BCUT2D eigenvalue weighted by atomic mass is 9.94. The van der Waals surface area contributed by atoms with Gasteiger partial charge in [0.15, 0.2) is 0 Å². The number of methoxy groups -OCH3 is 1. The minimum absolute atomic E-state index is 0.246. The molecule has 0 aliphatic heterocycles. The first kappa shape index (κ1) is 15.4. The van der Waals surface area contributed by atoms with Crippen LogP contribution in [0.25, 0.3) is 0 Å². The quantitative estimate of drug-likeness (QED) is 0.846. The van der Waals surface area contributed by atoms with E-state index in [9.17, 15) is 9.18 Å². The molecular weight excluding hydrogens is 325 g/mol. The molecule has 0 bridgehead atoms. The van der Waals surface area contributed by atoms with Crippen molar-refractivity contribution in [3.05, 3.63) is 34.1 Å². The number of carbonyl (C=O) groups is 1. The third-order valence-electron chi connectivity index (χ3n) is 3.72. The molecule has 1 aliphatic rings. The molecule has 1 aromatic carbocycles. The van der Waals surface area contributed by atoms with Crippen LogP contribution in [0, 0.1) is 5.82 Å². The summed E-state index contributed by atoms with van der Waals surface area (Å²) in [5.74, 6) is -0.852. The summed E-state index contributed by atoms with van der Waals surface area (Å²) in [5.41, 5.74) is 0.339. The first-order valence-electron chi connectivity index (χ1n) is 6.90. The molecule has 1 aliphatic carbocycles. The van der Waals surface area contributed by atoms with Crippen molar-refractivity contribution >= 4 is 21.9 Å². The number of esters is 1. The highest BCUT2D eigenvalue weighted by atomic mass is 79.9. The molecule has 1 aromatic rings. The minimum Gasteiger partial charge on any atom is -0.468 e. The number of hydrogen-bond acceptors (Lipinski definition) is 3. The third kappa shape index (κ3) is 3.79. The standard InChI is InChI=1S/C15H19BrFNO2/c1-20-15(19)14(18-11-5-3-2-4-6-11)12-8-7-10(16)9-13(12)17/h7-9,11,14,18H,2-6H2,1H3. The second-order valence-corrected chi connectivity index (χ2v) is 6.04. The number of halogens is 2.